The lowest BCUT2D eigenvalue weighted by Gasteiger charge is -2.12. The van der Waals surface area contributed by atoms with Gasteiger partial charge in [0.25, 0.3) is 11.4 Å². The minimum Gasteiger partial charge on any atom is -0.459 e. The molecule has 0 aliphatic heterocycles. The number of para-hydroxylation sites is 1. The monoisotopic (exact) mass is 384 g/mol. The maximum atomic E-state index is 12.8. The molecule has 0 saturated heterocycles. The second kappa shape index (κ2) is 7.77. The number of methoxy groups -OCH3 is 1. The summed E-state index contributed by atoms with van der Waals surface area (Å²) in [5.41, 5.74) is 0.558. The number of nitrogens with zero attached hydrogens (tertiary/aromatic N) is 4. The normalized spacial score (nSPS) is 11.3. The van der Waals surface area contributed by atoms with Crippen molar-refractivity contribution >= 4 is 22.7 Å². The number of furan rings is 1. The lowest BCUT2D eigenvalue weighted by atomic mass is 10.2. The summed E-state index contributed by atoms with van der Waals surface area (Å²) in [6.07, 6.45) is 1.54. The van der Waals surface area contributed by atoms with Gasteiger partial charge in [-0.15, -0.1) is 10.2 Å². The number of thioether (sulfide) groups is 1. The molecule has 27 heavy (non-hydrogen) atoms. The highest BCUT2D eigenvalue weighted by Gasteiger charge is 2.15. The van der Waals surface area contributed by atoms with Gasteiger partial charge in [0.05, 0.1) is 36.1 Å². The number of rotatable bonds is 7. The Labute approximate surface area is 158 Å². The van der Waals surface area contributed by atoms with Crippen molar-refractivity contribution in [3.8, 4) is 11.7 Å². The van der Waals surface area contributed by atoms with Gasteiger partial charge in [0, 0.05) is 7.11 Å². The molecule has 1 aromatic carbocycles. The molecule has 0 saturated carbocycles. The maximum Gasteiger partial charge on any atom is 0.283 e. The standard InChI is InChI=1S/C18H16N4O4S/c1-24-10-8-22-17(23)12-5-2-3-6-13(12)19-18(22)27-11-15-20-21-16(26-15)14-7-4-9-25-14/h2-7,9H,8,10-11H2,1H3. The van der Waals surface area contributed by atoms with Gasteiger partial charge < -0.3 is 13.6 Å². The highest BCUT2D eigenvalue weighted by Crippen LogP contribution is 2.24. The summed E-state index contributed by atoms with van der Waals surface area (Å²) in [4.78, 5) is 17.4. The molecule has 4 aromatic rings. The number of benzene rings is 1. The summed E-state index contributed by atoms with van der Waals surface area (Å²) in [6, 6.07) is 10.8. The minimum atomic E-state index is -0.0954. The minimum absolute atomic E-state index is 0.0954. The van der Waals surface area contributed by atoms with Crippen molar-refractivity contribution in [3.63, 3.8) is 0 Å². The predicted molar refractivity (Wildman–Crippen MR) is 99.4 cm³/mol. The SMILES string of the molecule is COCCn1c(SCc2nnc(-c3ccco3)o2)nc2ccccc2c1=O. The van der Waals surface area contributed by atoms with Gasteiger partial charge in [-0.25, -0.2) is 4.98 Å². The average Bonchev–Trinajstić information content (AvgIpc) is 3.37. The highest BCUT2D eigenvalue weighted by atomic mass is 32.2. The third kappa shape index (κ3) is 3.64. The number of ether oxygens (including phenoxy) is 1. The molecular formula is C18H16N4O4S. The van der Waals surface area contributed by atoms with Crippen LogP contribution in [0.3, 0.4) is 0 Å². The first-order valence-electron chi connectivity index (χ1n) is 8.24. The molecule has 0 N–H and O–H groups in total. The molecule has 0 fully saturated rings. The second-order valence-electron chi connectivity index (χ2n) is 5.63. The highest BCUT2D eigenvalue weighted by molar-refractivity contribution is 7.98. The van der Waals surface area contributed by atoms with E-state index in [-0.39, 0.29) is 5.56 Å². The van der Waals surface area contributed by atoms with Crippen LogP contribution in [0.2, 0.25) is 0 Å². The summed E-state index contributed by atoms with van der Waals surface area (Å²) in [7, 11) is 1.60. The third-order valence-electron chi connectivity index (χ3n) is 3.87. The molecule has 3 aromatic heterocycles. The first kappa shape index (κ1) is 17.5. The van der Waals surface area contributed by atoms with Gasteiger partial charge in [0.15, 0.2) is 10.9 Å². The van der Waals surface area contributed by atoms with Crippen molar-refractivity contribution in [2.45, 2.75) is 17.5 Å². The van der Waals surface area contributed by atoms with E-state index in [2.05, 4.69) is 15.2 Å². The van der Waals surface area contributed by atoms with Gasteiger partial charge in [-0.05, 0) is 24.3 Å². The second-order valence-corrected chi connectivity index (χ2v) is 6.57. The first-order chi connectivity index (χ1) is 13.3. The van der Waals surface area contributed by atoms with Crippen molar-refractivity contribution < 1.29 is 13.6 Å². The van der Waals surface area contributed by atoms with Gasteiger partial charge in [0.1, 0.15) is 0 Å². The Morgan fingerprint density at radius 2 is 2.07 bits per heavy atom. The van der Waals surface area contributed by atoms with E-state index >= 15 is 0 Å². The molecule has 0 amide bonds. The van der Waals surface area contributed by atoms with E-state index in [1.807, 2.05) is 18.2 Å². The van der Waals surface area contributed by atoms with Crippen molar-refractivity contribution in [1.29, 1.82) is 0 Å². The van der Waals surface area contributed by atoms with Gasteiger partial charge in [0.2, 0.25) is 5.89 Å². The Kier molecular flexibility index (Phi) is 5.03. The van der Waals surface area contributed by atoms with Gasteiger partial charge in [-0.3, -0.25) is 9.36 Å². The molecule has 3 heterocycles. The van der Waals surface area contributed by atoms with Gasteiger partial charge in [-0.1, -0.05) is 23.9 Å². The Morgan fingerprint density at radius 3 is 2.89 bits per heavy atom. The summed E-state index contributed by atoms with van der Waals surface area (Å²) >= 11 is 1.36. The molecule has 138 valence electrons. The summed E-state index contributed by atoms with van der Waals surface area (Å²) in [5, 5.41) is 9.16. The zero-order valence-corrected chi connectivity index (χ0v) is 15.3. The van der Waals surface area contributed by atoms with Gasteiger partial charge >= 0.3 is 0 Å². The van der Waals surface area contributed by atoms with Crippen LogP contribution in [-0.4, -0.2) is 33.5 Å². The lowest BCUT2D eigenvalue weighted by molar-refractivity contribution is 0.183. The van der Waals surface area contributed by atoms with Crippen LogP contribution in [0.5, 0.6) is 0 Å². The van der Waals surface area contributed by atoms with E-state index in [4.69, 9.17) is 13.6 Å². The van der Waals surface area contributed by atoms with Crippen LogP contribution < -0.4 is 5.56 Å². The topological polar surface area (TPSA) is 96.2 Å². The maximum absolute atomic E-state index is 12.8. The quantitative estimate of drug-likeness (QED) is 0.354. The fourth-order valence-corrected chi connectivity index (χ4v) is 3.44. The van der Waals surface area contributed by atoms with Crippen LogP contribution in [0.4, 0.5) is 0 Å². The molecule has 0 spiro atoms. The Hall–Kier alpha value is -2.91. The number of aromatic nitrogens is 4. The van der Waals surface area contributed by atoms with Crippen molar-refractivity contribution in [3.05, 3.63) is 58.9 Å². The van der Waals surface area contributed by atoms with Gasteiger partial charge in [-0.2, -0.15) is 0 Å². The van der Waals surface area contributed by atoms with E-state index in [0.29, 0.717) is 52.5 Å². The largest absolute Gasteiger partial charge is 0.459 e. The van der Waals surface area contributed by atoms with Crippen molar-refractivity contribution in [1.82, 2.24) is 19.7 Å². The summed E-state index contributed by atoms with van der Waals surface area (Å²) in [6.45, 7) is 0.827. The van der Waals surface area contributed by atoms with E-state index in [1.54, 1.807) is 36.1 Å². The van der Waals surface area contributed by atoms with E-state index in [0.717, 1.165) is 0 Å². The number of hydrogen-bond donors (Lipinski definition) is 0. The average molecular weight is 384 g/mol. The Morgan fingerprint density at radius 1 is 1.19 bits per heavy atom. The smallest absolute Gasteiger partial charge is 0.283 e. The first-order valence-corrected chi connectivity index (χ1v) is 9.22. The van der Waals surface area contributed by atoms with E-state index in [9.17, 15) is 4.79 Å². The number of hydrogen-bond acceptors (Lipinski definition) is 8. The zero-order valence-electron chi connectivity index (χ0n) is 14.5. The Balaban J connectivity index is 1.61. The van der Waals surface area contributed by atoms with Crippen molar-refractivity contribution in [2.24, 2.45) is 0 Å². The van der Waals surface area contributed by atoms with Crippen molar-refractivity contribution in [2.75, 3.05) is 13.7 Å². The molecule has 0 unspecified atom stereocenters. The van der Waals surface area contributed by atoms with Crippen LogP contribution >= 0.6 is 11.8 Å². The van der Waals surface area contributed by atoms with E-state index < -0.39 is 0 Å². The molecule has 0 aliphatic rings. The lowest BCUT2D eigenvalue weighted by Crippen LogP contribution is -2.25. The Bertz CT molecular complexity index is 1100. The predicted octanol–water partition coefficient (Wildman–Crippen LogP) is 2.98. The van der Waals surface area contributed by atoms with Crippen LogP contribution in [0.15, 0.2) is 61.4 Å². The summed E-state index contributed by atoms with van der Waals surface area (Å²) in [5.74, 6) is 1.64. The molecule has 0 atom stereocenters. The number of fused-ring (bicyclic) bond motifs is 1. The third-order valence-corrected chi connectivity index (χ3v) is 4.83. The van der Waals surface area contributed by atoms with E-state index in [1.165, 1.54) is 11.8 Å². The zero-order chi connectivity index (χ0) is 18.6. The van der Waals surface area contributed by atoms with Crippen LogP contribution in [0.25, 0.3) is 22.6 Å². The molecular weight excluding hydrogens is 368 g/mol. The molecule has 4 rings (SSSR count). The molecule has 0 aliphatic carbocycles. The fraction of sp³-hybridized carbons (Fsp3) is 0.222. The molecule has 0 bridgehead atoms. The fourth-order valence-electron chi connectivity index (χ4n) is 2.58. The molecule has 0 radical (unpaired) electrons. The van der Waals surface area contributed by atoms with Crippen LogP contribution in [0, 0.1) is 0 Å². The summed E-state index contributed by atoms with van der Waals surface area (Å²) < 4.78 is 17.6. The molecule has 9 heteroatoms. The van der Waals surface area contributed by atoms with Crippen LogP contribution in [0.1, 0.15) is 5.89 Å². The molecule has 8 nitrogen and oxygen atoms in total. The van der Waals surface area contributed by atoms with Crippen LogP contribution in [-0.2, 0) is 17.0 Å².